The molecule has 140 valence electrons. The number of hydrogen-bond acceptors (Lipinski definition) is 4. The summed E-state index contributed by atoms with van der Waals surface area (Å²) < 4.78 is 25.5. The van der Waals surface area contributed by atoms with Crippen molar-refractivity contribution in [3.8, 4) is 0 Å². The molecule has 1 heterocycles. The number of rotatable bonds is 7. The molecule has 1 N–H and O–H groups in total. The molecular weight excluding hydrogens is 338 g/mol. The van der Waals surface area contributed by atoms with Crippen LogP contribution < -0.4 is 5.32 Å². The first-order valence-electron chi connectivity index (χ1n) is 8.84. The number of hydrogen-bond donors (Lipinski definition) is 1. The van der Waals surface area contributed by atoms with Crippen molar-refractivity contribution in [3.63, 3.8) is 0 Å². The third-order valence-electron chi connectivity index (χ3n) is 4.69. The van der Waals surface area contributed by atoms with E-state index in [2.05, 4.69) is 17.1 Å². The molecule has 0 spiro atoms. The maximum atomic E-state index is 12.3. The summed E-state index contributed by atoms with van der Waals surface area (Å²) in [6.45, 7) is 6.15. The Morgan fingerprint density at radius 1 is 1.28 bits per heavy atom. The van der Waals surface area contributed by atoms with Crippen molar-refractivity contribution in [1.29, 1.82) is 0 Å². The topological polar surface area (TPSA) is 69.7 Å². The molecule has 6 nitrogen and oxygen atoms in total. The number of nitrogens with one attached hydrogen (secondary N) is 1. The van der Waals surface area contributed by atoms with E-state index in [1.54, 1.807) is 12.1 Å². The van der Waals surface area contributed by atoms with Gasteiger partial charge in [0, 0.05) is 26.2 Å². The Bertz CT molecular complexity index is 681. The molecule has 1 aromatic rings. The number of piperidine rings is 1. The maximum Gasteiger partial charge on any atom is 0.251 e. The summed E-state index contributed by atoms with van der Waals surface area (Å²) in [5.74, 6) is 0.588. The van der Waals surface area contributed by atoms with Crippen LogP contribution in [0.15, 0.2) is 29.2 Å². The summed E-state index contributed by atoms with van der Waals surface area (Å²) in [6, 6.07) is 6.16. The third-order valence-corrected chi connectivity index (χ3v) is 6.50. The van der Waals surface area contributed by atoms with Gasteiger partial charge in [0.05, 0.1) is 4.90 Å². The van der Waals surface area contributed by atoms with Gasteiger partial charge in [-0.2, -0.15) is 0 Å². The standard InChI is InChI=1S/C18H29N3O3S/c1-15-8-12-21(13-9-15)11-5-10-19-18(22)16-6-4-7-17(14-16)25(23,24)20(2)3/h4,6-7,14-15H,5,8-13H2,1-3H3,(H,19,22). The van der Waals surface area contributed by atoms with E-state index in [0.717, 1.165) is 36.3 Å². The molecular formula is C18H29N3O3S. The van der Waals surface area contributed by atoms with E-state index in [1.807, 2.05) is 0 Å². The normalized spacial score (nSPS) is 17.0. The fourth-order valence-electron chi connectivity index (χ4n) is 2.90. The summed E-state index contributed by atoms with van der Waals surface area (Å²) in [5.41, 5.74) is 0.370. The zero-order valence-corrected chi connectivity index (χ0v) is 16.2. The van der Waals surface area contributed by atoms with Gasteiger partial charge in [-0.3, -0.25) is 4.79 Å². The molecule has 0 atom stereocenters. The Hall–Kier alpha value is -1.44. The van der Waals surface area contributed by atoms with Crippen LogP contribution in [0.25, 0.3) is 0 Å². The van der Waals surface area contributed by atoms with Crippen LogP contribution in [0.2, 0.25) is 0 Å². The highest BCUT2D eigenvalue weighted by molar-refractivity contribution is 7.89. The van der Waals surface area contributed by atoms with E-state index in [1.165, 1.54) is 39.1 Å². The summed E-state index contributed by atoms with van der Waals surface area (Å²) in [5, 5.41) is 2.88. The van der Waals surface area contributed by atoms with Gasteiger partial charge in [0.25, 0.3) is 5.91 Å². The van der Waals surface area contributed by atoms with E-state index in [9.17, 15) is 13.2 Å². The quantitative estimate of drug-likeness (QED) is 0.746. The molecule has 1 fully saturated rings. The van der Waals surface area contributed by atoms with Crippen molar-refractivity contribution < 1.29 is 13.2 Å². The Kier molecular flexibility index (Phi) is 6.98. The summed E-state index contributed by atoms with van der Waals surface area (Å²) in [4.78, 5) is 14.8. The molecule has 25 heavy (non-hydrogen) atoms. The third kappa shape index (κ3) is 5.52. The van der Waals surface area contributed by atoms with Crippen LogP contribution in [-0.2, 0) is 10.0 Å². The van der Waals surface area contributed by atoms with Crippen molar-refractivity contribution in [3.05, 3.63) is 29.8 Å². The number of amides is 1. The molecule has 0 unspecified atom stereocenters. The van der Waals surface area contributed by atoms with Gasteiger partial charge in [0.2, 0.25) is 10.0 Å². The van der Waals surface area contributed by atoms with Crippen LogP contribution in [0, 0.1) is 5.92 Å². The fourth-order valence-corrected chi connectivity index (χ4v) is 3.85. The van der Waals surface area contributed by atoms with Crippen molar-refractivity contribution in [2.75, 3.05) is 40.3 Å². The average molecular weight is 368 g/mol. The lowest BCUT2D eigenvalue weighted by atomic mass is 9.99. The number of benzene rings is 1. The van der Waals surface area contributed by atoms with Gasteiger partial charge in [0.1, 0.15) is 0 Å². The summed E-state index contributed by atoms with van der Waals surface area (Å²) in [6.07, 6.45) is 3.40. The summed E-state index contributed by atoms with van der Waals surface area (Å²) in [7, 11) is -0.579. The summed E-state index contributed by atoms with van der Waals surface area (Å²) >= 11 is 0. The van der Waals surface area contributed by atoms with Gasteiger partial charge in [-0.05, 0) is 63.0 Å². The zero-order valence-electron chi connectivity index (χ0n) is 15.4. The Morgan fingerprint density at radius 3 is 2.60 bits per heavy atom. The molecule has 7 heteroatoms. The lowest BCUT2D eigenvalue weighted by Gasteiger charge is -2.30. The Balaban J connectivity index is 1.83. The molecule has 1 aromatic carbocycles. The first-order chi connectivity index (χ1) is 11.8. The first-order valence-corrected chi connectivity index (χ1v) is 10.3. The molecule has 0 aliphatic carbocycles. The van der Waals surface area contributed by atoms with Crippen molar-refractivity contribution >= 4 is 15.9 Å². The van der Waals surface area contributed by atoms with E-state index < -0.39 is 10.0 Å². The smallest absolute Gasteiger partial charge is 0.251 e. The van der Waals surface area contributed by atoms with E-state index in [-0.39, 0.29) is 10.8 Å². The second kappa shape index (κ2) is 8.78. The minimum Gasteiger partial charge on any atom is -0.352 e. The van der Waals surface area contributed by atoms with Crippen LogP contribution in [0.5, 0.6) is 0 Å². The number of carbonyl (C=O) groups is 1. The van der Waals surface area contributed by atoms with E-state index in [0.29, 0.717) is 12.1 Å². The molecule has 0 radical (unpaired) electrons. The van der Waals surface area contributed by atoms with Crippen LogP contribution in [0.4, 0.5) is 0 Å². The van der Waals surface area contributed by atoms with Gasteiger partial charge >= 0.3 is 0 Å². The fraction of sp³-hybridized carbons (Fsp3) is 0.611. The number of likely N-dealkylation sites (tertiary alicyclic amines) is 1. The lowest BCUT2D eigenvalue weighted by Crippen LogP contribution is -2.35. The predicted molar refractivity (Wildman–Crippen MR) is 99.1 cm³/mol. The lowest BCUT2D eigenvalue weighted by molar-refractivity contribution is 0.0950. The molecule has 1 aliphatic rings. The first kappa shape index (κ1) is 19.9. The highest BCUT2D eigenvalue weighted by atomic mass is 32.2. The highest BCUT2D eigenvalue weighted by Gasteiger charge is 2.19. The van der Waals surface area contributed by atoms with Crippen molar-refractivity contribution in [2.45, 2.75) is 31.1 Å². The van der Waals surface area contributed by atoms with Gasteiger partial charge in [-0.15, -0.1) is 0 Å². The number of sulfonamides is 1. The minimum absolute atomic E-state index is 0.132. The van der Waals surface area contributed by atoms with Crippen LogP contribution in [0.3, 0.4) is 0 Å². The maximum absolute atomic E-state index is 12.3. The van der Waals surface area contributed by atoms with Gasteiger partial charge in [-0.1, -0.05) is 13.0 Å². The molecule has 1 saturated heterocycles. The molecule has 2 rings (SSSR count). The van der Waals surface area contributed by atoms with Crippen LogP contribution in [0.1, 0.15) is 36.5 Å². The molecule has 0 aromatic heterocycles. The van der Waals surface area contributed by atoms with Gasteiger partial charge in [0.15, 0.2) is 0 Å². The van der Waals surface area contributed by atoms with Crippen molar-refractivity contribution in [2.24, 2.45) is 5.92 Å². The average Bonchev–Trinajstić information content (AvgIpc) is 2.60. The molecule has 1 amide bonds. The highest BCUT2D eigenvalue weighted by Crippen LogP contribution is 2.16. The van der Waals surface area contributed by atoms with Gasteiger partial charge in [-0.25, -0.2) is 12.7 Å². The Morgan fingerprint density at radius 2 is 1.96 bits per heavy atom. The zero-order chi connectivity index (χ0) is 18.4. The minimum atomic E-state index is -3.53. The van der Waals surface area contributed by atoms with Crippen molar-refractivity contribution in [1.82, 2.24) is 14.5 Å². The number of carbonyl (C=O) groups excluding carboxylic acids is 1. The van der Waals surface area contributed by atoms with E-state index in [4.69, 9.17) is 0 Å². The second-order valence-electron chi connectivity index (χ2n) is 6.95. The molecule has 0 saturated carbocycles. The van der Waals surface area contributed by atoms with Gasteiger partial charge < -0.3 is 10.2 Å². The largest absolute Gasteiger partial charge is 0.352 e. The predicted octanol–water partition coefficient (Wildman–Crippen LogP) is 1.79. The molecule has 0 bridgehead atoms. The van der Waals surface area contributed by atoms with Crippen LogP contribution >= 0.6 is 0 Å². The SMILES string of the molecule is CC1CCN(CCCNC(=O)c2cccc(S(=O)(=O)N(C)C)c2)CC1. The monoisotopic (exact) mass is 367 g/mol. The van der Waals surface area contributed by atoms with E-state index >= 15 is 0 Å². The Labute approximate surface area is 151 Å². The second-order valence-corrected chi connectivity index (χ2v) is 9.10. The number of nitrogens with zero attached hydrogens (tertiary/aromatic N) is 2. The molecule has 1 aliphatic heterocycles. The van der Waals surface area contributed by atoms with Crippen LogP contribution in [-0.4, -0.2) is 63.8 Å².